The van der Waals surface area contributed by atoms with Gasteiger partial charge in [-0.05, 0) is 49.6 Å². The highest BCUT2D eigenvalue weighted by Crippen LogP contribution is 2.43. The zero-order chi connectivity index (χ0) is 24.6. The van der Waals surface area contributed by atoms with E-state index >= 15 is 0 Å². The van der Waals surface area contributed by atoms with Crippen LogP contribution in [0.3, 0.4) is 0 Å². The third-order valence-corrected chi connectivity index (χ3v) is 5.89. The lowest BCUT2D eigenvalue weighted by Crippen LogP contribution is -2.42. The van der Waals surface area contributed by atoms with Crippen molar-refractivity contribution in [3.8, 4) is 5.75 Å². The van der Waals surface area contributed by atoms with Gasteiger partial charge in [0.1, 0.15) is 11.5 Å². The minimum Gasteiger partial charge on any atom is -0.502 e. The molecule has 0 bridgehead atoms. The van der Waals surface area contributed by atoms with Crippen LogP contribution < -0.4 is 5.32 Å². The molecule has 9 heteroatoms. The summed E-state index contributed by atoms with van der Waals surface area (Å²) in [6, 6.07) is 12.0. The quantitative estimate of drug-likeness (QED) is 0.300. The van der Waals surface area contributed by atoms with Gasteiger partial charge in [0.25, 0.3) is 0 Å². The van der Waals surface area contributed by atoms with Crippen molar-refractivity contribution in [3.05, 3.63) is 86.2 Å². The molecule has 0 saturated carbocycles. The van der Waals surface area contributed by atoms with Crippen LogP contribution in [0.25, 0.3) is 6.08 Å². The largest absolute Gasteiger partial charge is 0.502 e. The molecule has 0 aliphatic carbocycles. The van der Waals surface area contributed by atoms with Crippen molar-refractivity contribution in [2.24, 2.45) is 10.9 Å². The standard InChI is InChI=1S/C25H23N3O6/c1-4-34-25(31)19-14(3)26-24-21(20(19)16-8-6-5-7-9-16)23(30)17(27-24)11-15-10-13(2)22(29)18(12-15)28(32)33/h5-12,20-21,29H,4H2,1-3H3,(H,26,27)/b17-11-. The number of amidine groups is 1. The third-order valence-electron chi connectivity index (χ3n) is 5.89. The number of nitro groups is 1. The predicted octanol–water partition coefficient (Wildman–Crippen LogP) is 3.77. The van der Waals surface area contributed by atoms with E-state index in [9.17, 15) is 24.8 Å². The Kier molecular flexibility index (Phi) is 6.02. The Labute approximate surface area is 195 Å². The monoisotopic (exact) mass is 461 g/mol. The second-order valence-corrected chi connectivity index (χ2v) is 8.10. The van der Waals surface area contributed by atoms with Gasteiger partial charge in [0.15, 0.2) is 11.5 Å². The summed E-state index contributed by atoms with van der Waals surface area (Å²) in [5.41, 5.74) is 2.00. The number of carbonyl (C=O) groups is 2. The Morgan fingerprint density at radius 2 is 1.94 bits per heavy atom. The maximum atomic E-state index is 13.6. The zero-order valence-corrected chi connectivity index (χ0v) is 18.9. The Bertz CT molecular complexity index is 1290. The highest BCUT2D eigenvalue weighted by Gasteiger charge is 2.47. The Balaban J connectivity index is 1.80. The van der Waals surface area contributed by atoms with E-state index in [1.54, 1.807) is 26.8 Å². The number of allylic oxidation sites excluding steroid dienone is 2. The highest BCUT2D eigenvalue weighted by molar-refractivity contribution is 6.21. The van der Waals surface area contributed by atoms with Gasteiger partial charge in [-0.1, -0.05) is 30.3 Å². The van der Waals surface area contributed by atoms with E-state index in [4.69, 9.17) is 4.74 Å². The summed E-state index contributed by atoms with van der Waals surface area (Å²) in [5, 5.41) is 24.3. The molecule has 2 atom stereocenters. The van der Waals surface area contributed by atoms with E-state index in [-0.39, 0.29) is 18.1 Å². The van der Waals surface area contributed by atoms with Crippen molar-refractivity contribution in [1.29, 1.82) is 0 Å². The number of esters is 1. The van der Waals surface area contributed by atoms with E-state index in [0.717, 1.165) is 5.56 Å². The summed E-state index contributed by atoms with van der Waals surface area (Å²) >= 11 is 0. The van der Waals surface area contributed by atoms with Crippen molar-refractivity contribution < 1.29 is 24.4 Å². The fourth-order valence-corrected chi connectivity index (χ4v) is 4.39. The fourth-order valence-electron chi connectivity index (χ4n) is 4.39. The van der Waals surface area contributed by atoms with Crippen LogP contribution >= 0.6 is 0 Å². The first-order valence-corrected chi connectivity index (χ1v) is 10.7. The van der Waals surface area contributed by atoms with Crippen LogP contribution in [0.1, 0.15) is 36.5 Å². The summed E-state index contributed by atoms with van der Waals surface area (Å²) in [5.74, 6) is -2.22. The van der Waals surface area contributed by atoms with Gasteiger partial charge in [0.2, 0.25) is 0 Å². The van der Waals surface area contributed by atoms with Crippen molar-refractivity contribution in [2.75, 3.05) is 6.61 Å². The molecule has 2 aliphatic heterocycles. The van der Waals surface area contributed by atoms with Crippen LogP contribution in [0.4, 0.5) is 5.69 Å². The first-order valence-electron chi connectivity index (χ1n) is 10.7. The minimum atomic E-state index is -0.773. The number of ether oxygens (including phenoxy) is 1. The van der Waals surface area contributed by atoms with Gasteiger partial charge in [-0.25, -0.2) is 9.79 Å². The first-order chi connectivity index (χ1) is 16.2. The molecule has 2 unspecified atom stereocenters. The zero-order valence-electron chi connectivity index (χ0n) is 18.9. The number of aryl methyl sites for hydroxylation is 1. The van der Waals surface area contributed by atoms with Crippen LogP contribution in [0.15, 0.2) is 64.4 Å². The number of phenolic OH excluding ortho intramolecular Hbond substituents is 1. The molecule has 34 heavy (non-hydrogen) atoms. The average Bonchev–Trinajstić information content (AvgIpc) is 3.10. The summed E-state index contributed by atoms with van der Waals surface area (Å²) in [4.78, 5) is 41.5. The number of nitrogens with one attached hydrogen (secondary N) is 1. The lowest BCUT2D eigenvalue weighted by atomic mass is 9.75. The molecule has 0 spiro atoms. The summed E-state index contributed by atoms with van der Waals surface area (Å²) < 4.78 is 5.28. The molecule has 2 N–H and O–H groups in total. The lowest BCUT2D eigenvalue weighted by Gasteiger charge is -2.32. The van der Waals surface area contributed by atoms with E-state index in [2.05, 4.69) is 10.3 Å². The molecule has 2 heterocycles. The maximum absolute atomic E-state index is 13.6. The van der Waals surface area contributed by atoms with Crippen molar-refractivity contribution in [2.45, 2.75) is 26.7 Å². The number of benzene rings is 2. The Morgan fingerprint density at radius 1 is 1.24 bits per heavy atom. The Hall–Kier alpha value is -4.27. The number of nitro benzene ring substituents is 1. The second-order valence-electron chi connectivity index (χ2n) is 8.10. The van der Waals surface area contributed by atoms with Gasteiger partial charge < -0.3 is 15.2 Å². The van der Waals surface area contributed by atoms with Crippen molar-refractivity contribution in [3.63, 3.8) is 0 Å². The molecular formula is C25H23N3O6. The normalized spacial score (nSPS) is 20.6. The van der Waals surface area contributed by atoms with Gasteiger partial charge >= 0.3 is 11.7 Å². The number of fused-ring (bicyclic) bond motifs is 1. The van der Waals surface area contributed by atoms with Gasteiger partial charge in [-0.15, -0.1) is 0 Å². The number of aliphatic imine (C=N–C) groups is 1. The van der Waals surface area contributed by atoms with Crippen molar-refractivity contribution in [1.82, 2.24) is 5.32 Å². The number of carbonyl (C=O) groups excluding carboxylic acids is 2. The smallest absolute Gasteiger partial charge is 0.336 e. The third kappa shape index (κ3) is 3.96. The number of ketones is 1. The van der Waals surface area contributed by atoms with E-state index < -0.39 is 34.2 Å². The number of Topliss-reactive ketones (excluding diaryl/α,β-unsaturated/α-hetero) is 1. The molecule has 0 radical (unpaired) electrons. The Morgan fingerprint density at radius 3 is 2.59 bits per heavy atom. The van der Waals surface area contributed by atoms with E-state index in [1.165, 1.54) is 12.1 Å². The van der Waals surface area contributed by atoms with Gasteiger partial charge in [-0.2, -0.15) is 0 Å². The summed E-state index contributed by atoms with van der Waals surface area (Å²) in [7, 11) is 0. The topological polar surface area (TPSA) is 131 Å². The highest BCUT2D eigenvalue weighted by atomic mass is 16.6. The number of nitrogens with zero attached hydrogens (tertiary/aromatic N) is 2. The van der Waals surface area contributed by atoms with Crippen LogP contribution in [0.5, 0.6) is 5.75 Å². The van der Waals surface area contributed by atoms with Crippen molar-refractivity contribution >= 4 is 29.4 Å². The molecular weight excluding hydrogens is 438 g/mol. The predicted molar refractivity (Wildman–Crippen MR) is 125 cm³/mol. The number of rotatable bonds is 5. The lowest BCUT2D eigenvalue weighted by molar-refractivity contribution is -0.385. The van der Waals surface area contributed by atoms with Gasteiger partial charge in [0.05, 0.1) is 23.0 Å². The number of aromatic hydroxyl groups is 1. The number of phenols is 1. The van der Waals surface area contributed by atoms with Crippen LogP contribution in [0, 0.1) is 23.0 Å². The first kappa shape index (κ1) is 22.9. The molecule has 4 rings (SSSR count). The molecule has 174 valence electrons. The molecule has 0 aromatic heterocycles. The van der Waals surface area contributed by atoms with Crippen LogP contribution in [-0.4, -0.2) is 34.2 Å². The number of hydrogen-bond acceptors (Lipinski definition) is 8. The molecule has 2 aliphatic rings. The van der Waals surface area contributed by atoms with Crippen LogP contribution in [0.2, 0.25) is 0 Å². The second kappa shape index (κ2) is 8.93. The molecule has 9 nitrogen and oxygen atoms in total. The molecule has 0 amide bonds. The average molecular weight is 461 g/mol. The van der Waals surface area contributed by atoms with E-state index in [0.29, 0.717) is 28.2 Å². The van der Waals surface area contributed by atoms with Gasteiger partial charge in [0, 0.05) is 17.7 Å². The maximum Gasteiger partial charge on any atom is 0.336 e. The molecule has 2 aromatic rings. The summed E-state index contributed by atoms with van der Waals surface area (Å²) in [6.45, 7) is 5.19. The SMILES string of the molecule is CCOC(=O)C1=C(C)NC2=N/C(=C\c3cc(C)c(O)c([N+](=O)[O-])c3)C(=O)C2C1c1ccccc1. The molecule has 0 fully saturated rings. The minimum absolute atomic E-state index is 0.103. The van der Waals surface area contributed by atoms with Gasteiger partial charge in [-0.3, -0.25) is 14.9 Å². The van der Waals surface area contributed by atoms with Crippen LogP contribution in [-0.2, 0) is 14.3 Å². The molecule has 0 saturated heterocycles. The fraction of sp³-hybridized carbons (Fsp3) is 0.240. The van der Waals surface area contributed by atoms with E-state index in [1.807, 2.05) is 30.3 Å². The number of hydrogen-bond donors (Lipinski definition) is 2. The summed E-state index contributed by atoms with van der Waals surface area (Å²) in [6.07, 6.45) is 1.45. The molecule has 2 aromatic carbocycles.